The van der Waals surface area contributed by atoms with Crippen molar-refractivity contribution in [2.24, 2.45) is 41.4 Å². The first-order valence-corrected chi connectivity index (χ1v) is 35.5. The minimum atomic E-state index is -2.26. The maximum absolute atomic E-state index is 13.7. The van der Waals surface area contributed by atoms with Crippen molar-refractivity contribution in [2.45, 2.75) is 345 Å². The zero-order valence-corrected chi connectivity index (χ0v) is 59.4. The van der Waals surface area contributed by atoms with Crippen molar-refractivity contribution in [3.05, 3.63) is 47.6 Å². The predicted molar refractivity (Wildman–Crippen MR) is 360 cm³/mol. The van der Waals surface area contributed by atoms with Crippen LogP contribution >= 0.6 is 0 Å². The van der Waals surface area contributed by atoms with E-state index in [2.05, 4.69) is 13.8 Å². The molecular formula is C72H131NO22. The summed E-state index contributed by atoms with van der Waals surface area (Å²) in [6.45, 7) is 19.3. The van der Waals surface area contributed by atoms with Crippen LogP contribution in [0.2, 0.25) is 0 Å². The molecule has 0 aromatic heterocycles. The maximum Gasteiger partial charge on any atom is 0.311 e. The van der Waals surface area contributed by atoms with Gasteiger partial charge in [-0.1, -0.05) is 91.7 Å². The third kappa shape index (κ3) is 29.6. The monoisotopic (exact) mass is 1360 g/mol. The number of hydrogen-bond donors (Lipinski definition) is 17. The van der Waals surface area contributed by atoms with Crippen LogP contribution in [0, 0.1) is 41.4 Å². The standard InChI is InChI=1S/C72H131NO22/c1-40(2)19-16-21-50-33-43(5)62(85)36-52(75)23-18-26-57(80)45(7)56(79)24-15-14-20-42(4)67(87)47(9)63-38-64(94-71-70(90)66(73(12)13)68(88)49(11)93-71)48(10)72(91,95-63)39-65(86)92-44(6)28-29-53(76)34-51(74)22-17-25-58(81)46(8)59(82)31-27-41(3)61(84)37-55(78)35-54(77)30-32-60(83)69(50)89/h14-15,20,28-29,33,40-41,44-64,66-71,74-85,87-91H,16-19,21-27,30-32,34-39H2,1-13H3/t41-,44?,45-,46+,47+,48+,49+,50?,51-,52+,53+,54+,55-,56+,57-,58-,59+,60?,61+,62-,63-,64-,66-,67+,68+,69+,70+,71?,72?/m0/s1. The quantitative estimate of drug-likeness (QED) is 0.126. The molecule has 3 aliphatic rings. The molecule has 17 N–H and O–H groups in total. The summed E-state index contributed by atoms with van der Waals surface area (Å²) in [5.41, 5.74) is 0.995. The maximum atomic E-state index is 13.7. The number of esters is 1. The second-order valence-electron chi connectivity index (χ2n) is 29.6. The molecule has 0 amide bonds. The number of allylic oxidation sites excluding steroid dienone is 2. The van der Waals surface area contributed by atoms with Crippen molar-refractivity contribution < 1.29 is 111 Å². The van der Waals surface area contributed by atoms with E-state index in [4.69, 9.17) is 18.9 Å². The average molecular weight is 1360 g/mol. The zero-order valence-electron chi connectivity index (χ0n) is 59.4. The van der Waals surface area contributed by atoms with Crippen LogP contribution in [0.25, 0.3) is 0 Å². The highest BCUT2D eigenvalue weighted by molar-refractivity contribution is 5.71. The molecular weight excluding hydrogens is 1230 g/mol. The molecule has 5 unspecified atom stereocenters. The molecule has 0 spiro atoms. The molecule has 0 radical (unpaired) electrons. The van der Waals surface area contributed by atoms with Crippen LogP contribution in [0.15, 0.2) is 47.6 Å². The first-order chi connectivity index (χ1) is 44.4. The number of carbonyl (C=O) groups is 1. The molecule has 0 aliphatic carbocycles. The molecule has 0 saturated carbocycles. The van der Waals surface area contributed by atoms with Gasteiger partial charge in [0.1, 0.15) is 12.2 Å². The van der Waals surface area contributed by atoms with E-state index in [1.807, 2.05) is 0 Å². The Hall–Kier alpha value is -2.41. The molecule has 0 aromatic rings. The van der Waals surface area contributed by atoms with Crippen LogP contribution in [-0.2, 0) is 23.7 Å². The topological polar surface area (TPSA) is 401 Å². The lowest BCUT2D eigenvalue weighted by Gasteiger charge is -2.50. The Morgan fingerprint density at radius 3 is 1.80 bits per heavy atom. The van der Waals surface area contributed by atoms with Crippen molar-refractivity contribution in [2.75, 3.05) is 14.1 Å². The Kier molecular flexibility index (Phi) is 39.1. The zero-order chi connectivity index (χ0) is 71.8. The minimum Gasteiger partial charge on any atom is -0.458 e. The molecule has 2 bridgehead atoms. The lowest BCUT2D eigenvalue weighted by molar-refractivity contribution is -0.351. The van der Waals surface area contributed by atoms with Gasteiger partial charge in [-0.25, -0.2) is 0 Å². The second-order valence-corrected chi connectivity index (χ2v) is 29.6. The number of nitrogens with zero attached hydrogens (tertiary/aromatic N) is 1. The van der Waals surface area contributed by atoms with Gasteiger partial charge in [0.05, 0.1) is 122 Å². The van der Waals surface area contributed by atoms with E-state index in [9.17, 15) is 91.6 Å². The van der Waals surface area contributed by atoms with Crippen LogP contribution in [-0.4, -0.2) is 252 Å². The molecule has 23 heteroatoms. The van der Waals surface area contributed by atoms with Gasteiger partial charge >= 0.3 is 5.97 Å². The molecule has 556 valence electrons. The lowest BCUT2D eigenvalue weighted by atomic mass is 9.80. The van der Waals surface area contributed by atoms with Gasteiger partial charge in [0.15, 0.2) is 12.1 Å². The van der Waals surface area contributed by atoms with E-state index in [1.54, 1.807) is 106 Å². The fraction of sp³-hybridized carbons (Fsp3) is 0.875. The largest absolute Gasteiger partial charge is 0.458 e. The van der Waals surface area contributed by atoms with Crippen molar-refractivity contribution in [1.82, 2.24) is 4.90 Å². The highest BCUT2D eigenvalue weighted by Crippen LogP contribution is 2.42. The predicted octanol–water partition coefficient (Wildman–Crippen LogP) is 4.11. The van der Waals surface area contributed by atoms with E-state index in [1.165, 1.54) is 12.2 Å². The molecule has 3 heterocycles. The summed E-state index contributed by atoms with van der Waals surface area (Å²) in [6, 6.07) is -0.781. The Balaban J connectivity index is 1.86. The van der Waals surface area contributed by atoms with Gasteiger partial charge in [-0.3, -0.25) is 4.79 Å². The van der Waals surface area contributed by atoms with Crippen molar-refractivity contribution in [3.8, 4) is 0 Å². The fourth-order valence-corrected chi connectivity index (χ4v) is 13.4. The smallest absolute Gasteiger partial charge is 0.311 e. The summed E-state index contributed by atoms with van der Waals surface area (Å²) in [7, 11) is 3.40. The SMILES string of the molecule is CC1=CC=CC[C@@H](O)[C@H](C)[C@@H](O)CCC[C@@H](O)C[C@H](O)C(C)=CC(CCCC(C)C)[C@@H](O)C(O)CC[C@@H](O)C[C@H](O)C[C@@H](O)[C@@H](C)CC[C@@H](O)[C@H](C)[C@@H](O)CCC[C@H](O)C[C@H](O)C=CC(C)OC(=O)CC2(O)O[C@@H](C[C@H](OC3O[C@H](C)[C@@H](O)[C@H](N(C)C)[C@H]3O)[C@H]2C)[C@@H](C)[C@@H]1O. The Morgan fingerprint density at radius 1 is 0.611 bits per heavy atom. The molecule has 2 fully saturated rings. The average Bonchev–Trinajstić information content (AvgIpc) is 0.788. The van der Waals surface area contributed by atoms with Crippen LogP contribution < -0.4 is 0 Å². The Labute approximate surface area is 567 Å². The van der Waals surface area contributed by atoms with Crippen LogP contribution in [0.3, 0.4) is 0 Å². The summed E-state index contributed by atoms with van der Waals surface area (Å²) in [6.07, 6.45) is -8.64. The van der Waals surface area contributed by atoms with E-state index < -0.39 is 182 Å². The normalized spacial score (nSPS) is 43.0. The first kappa shape index (κ1) is 86.8. The van der Waals surface area contributed by atoms with E-state index in [0.29, 0.717) is 42.7 Å². The third-order valence-corrected chi connectivity index (χ3v) is 20.6. The van der Waals surface area contributed by atoms with Crippen molar-refractivity contribution in [1.29, 1.82) is 0 Å². The Morgan fingerprint density at radius 2 is 1.19 bits per heavy atom. The van der Waals surface area contributed by atoms with Crippen LogP contribution in [0.1, 0.15) is 205 Å². The van der Waals surface area contributed by atoms with Crippen LogP contribution in [0.4, 0.5) is 0 Å². The molecule has 2 saturated heterocycles. The third-order valence-electron chi connectivity index (χ3n) is 20.6. The Bertz CT molecular complexity index is 2260. The van der Waals surface area contributed by atoms with E-state index in [-0.39, 0.29) is 89.4 Å². The number of likely N-dealkylation sites (N-methyl/N-ethyl adjacent to an activating group) is 1. The summed E-state index contributed by atoms with van der Waals surface area (Å²) in [5, 5.41) is 190. The highest BCUT2D eigenvalue weighted by atomic mass is 16.7. The van der Waals surface area contributed by atoms with Gasteiger partial charge in [-0.05, 0) is 161 Å². The molecule has 23 nitrogen and oxygen atoms in total. The van der Waals surface area contributed by atoms with Gasteiger partial charge in [-0.2, -0.15) is 0 Å². The van der Waals surface area contributed by atoms with Gasteiger partial charge < -0.3 is 111 Å². The van der Waals surface area contributed by atoms with Gasteiger partial charge in [0, 0.05) is 48.9 Å². The summed E-state index contributed by atoms with van der Waals surface area (Å²) < 4.78 is 24.5. The van der Waals surface area contributed by atoms with Crippen molar-refractivity contribution >= 4 is 5.97 Å². The van der Waals surface area contributed by atoms with E-state index in [0.717, 1.165) is 12.8 Å². The molecule has 3 rings (SSSR count). The summed E-state index contributed by atoms with van der Waals surface area (Å²) in [4.78, 5) is 15.4. The molecule has 0 aromatic carbocycles. The van der Waals surface area contributed by atoms with Gasteiger partial charge in [0.25, 0.3) is 0 Å². The summed E-state index contributed by atoms with van der Waals surface area (Å²) in [5.74, 6) is -6.50. The number of hydrogen-bond acceptors (Lipinski definition) is 23. The number of carbonyl (C=O) groups excluding carboxylic acids is 1. The van der Waals surface area contributed by atoms with Crippen molar-refractivity contribution in [3.63, 3.8) is 0 Å². The molecule has 95 heavy (non-hydrogen) atoms. The first-order valence-electron chi connectivity index (χ1n) is 35.5. The minimum absolute atomic E-state index is 0.00761. The van der Waals surface area contributed by atoms with Gasteiger partial charge in [0.2, 0.25) is 0 Å². The lowest BCUT2D eigenvalue weighted by Crippen LogP contribution is -2.64. The number of fused-ring (bicyclic) bond motifs is 2. The number of ether oxygens (including phenoxy) is 4. The summed E-state index contributed by atoms with van der Waals surface area (Å²) >= 11 is 0. The second kappa shape index (κ2) is 42.8. The number of cyclic esters (lactones) is 1. The number of aliphatic hydroxyl groups is 17. The number of aliphatic hydroxyl groups excluding tert-OH is 16. The van der Waals surface area contributed by atoms with Crippen LogP contribution in [0.5, 0.6) is 0 Å². The fourth-order valence-electron chi connectivity index (χ4n) is 13.4. The van der Waals surface area contributed by atoms with E-state index >= 15 is 0 Å². The highest BCUT2D eigenvalue weighted by Gasteiger charge is 2.53. The van der Waals surface area contributed by atoms with Gasteiger partial charge in [-0.15, -0.1) is 0 Å². The molecule has 29 atom stereocenters. The molecule has 3 aliphatic heterocycles. The number of rotatable bonds is 7.